The minimum atomic E-state index is -1.51. The summed E-state index contributed by atoms with van der Waals surface area (Å²) in [4.78, 5) is 22.7. The summed E-state index contributed by atoms with van der Waals surface area (Å²) in [7, 11) is 0. The van der Waals surface area contributed by atoms with Crippen LogP contribution in [0.4, 0.5) is 14.5 Å². The quantitative estimate of drug-likeness (QED) is 0.788. The predicted octanol–water partition coefficient (Wildman–Crippen LogP) is 1.60. The van der Waals surface area contributed by atoms with E-state index < -0.39 is 23.2 Å². The molecule has 108 valence electrons. The molecule has 3 N–H and O–H groups in total. The number of carbonyl (C=O) groups is 2. The van der Waals surface area contributed by atoms with Crippen LogP contribution in [0.25, 0.3) is 0 Å². The molecular weight excluding hydrogens is 270 g/mol. The first-order valence-electron chi connectivity index (χ1n) is 6.23. The SMILES string of the molecule is O=C(O)c1cc(NC(=O)C2CCNCC2)c(F)cc1F. The van der Waals surface area contributed by atoms with Gasteiger partial charge in [-0.1, -0.05) is 0 Å². The van der Waals surface area contributed by atoms with E-state index in [2.05, 4.69) is 10.6 Å². The van der Waals surface area contributed by atoms with Crippen LogP contribution in [0.5, 0.6) is 0 Å². The molecule has 1 saturated heterocycles. The standard InChI is InChI=1S/C13H14F2N2O3/c14-9-6-10(15)11(5-8(9)13(19)20)17-12(18)7-1-3-16-4-2-7/h5-7,16H,1-4H2,(H,17,18)(H,19,20). The molecule has 2 rings (SSSR count). The molecule has 0 radical (unpaired) electrons. The Bertz CT molecular complexity index is 543. The van der Waals surface area contributed by atoms with Crippen molar-refractivity contribution in [3.05, 3.63) is 29.3 Å². The highest BCUT2D eigenvalue weighted by Crippen LogP contribution is 2.22. The van der Waals surface area contributed by atoms with Crippen molar-refractivity contribution < 1.29 is 23.5 Å². The third kappa shape index (κ3) is 3.11. The molecule has 1 heterocycles. The highest BCUT2D eigenvalue weighted by Gasteiger charge is 2.23. The number of rotatable bonds is 3. The van der Waals surface area contributed by atoms with Crippen LogP contribution in [-0.2, 0) is 4.79 Å². The lowest BCUT2D eigenvalue weighted by molar-refractivity contribution is -0.120. The zero-order chi connectivity index (χ0) is 14.7. The highest BCUT2D eigenvalue weighted by atomic mass is 19.1. The van der Waals surface area contributed by atoms with Crippen molar-refractivity contribution >= 4 is 17.6 Å². The Hall–Kier alpha value is -2.02. The second-order valence-electron chi connectivity index (χ2n) is 4.63. The van der Waals surface area contributed by atoms with Crippen molar-refractivity contribution in [2.24, 2.45) is 5.92 Å². The number of amides is 1. The molecule has 1 amide bonds. The molecule has 1 aliphatic rings. The smallest absolute Gasteiger partial charge is 0.338 e. The fourth-order valence-electron chi connectivity index (χ4n) is 2.13. The molecule has 0 saturated carbocycles. The fourth-order valence-corrected chi connectivity index (χ4v) is 2.13. The molecular formula is C13H14F2N2O3. The molecule has 0 aromatic heterocycles. The maximum atomic E-state index is 13.6. The summed E-state index contributed by atoms with van der Waals surface area (Å²) in [5.74, 6) is -4.31. The monoisotopic (exact) mass is 284 g/mol. The lowest BCUT2D eigenvalue weighted by atomic mass is 9.97. The van der Waals surface area contributed by atoms with Gasteiger partial charge >= 0.3 is 5.97 Å². The molecule has 1 fully saturated rings. The van der Waals surface area contributed by atoms with E-state index in [1.54, 1.807) is 0 Å². The Morgan fingerprint density at radius 1 is 1.20 bits per heavy atom. The van der Waals surface area contributed by atoms with Gasteiger partial charge in [-0.15, -0.1) is 0 Å². The van der Waals surface area contributed by atoms with Gasteiger partial charge in [-0.05, 0) is 32.0 Å². The van der Waals surface area contributed by atoms with Crippen LogP contribution in [0.15, 0.2) is 12.1 Å². The molecule has 1 aromatic carbocycles. The first-order chi connectivity index (χ1) is 9.49. The van der Waals surface area contributed by atoms with Crippen LogP contribution in [0.2, 0.25) is 0 Å². The number of piperidine rings is 1. The Labute approximate surface area is 114 Å². The minimum Gasteiger partial charge on any atom is -0.478 e. The lowest BCUT2D eigenvalue weighted by Gasteiger charge is -2.22. The summed E-state index contributed by atoms with van der Waals surface area (Å²) in [5.41, 5.74) is -0.987. The number of anilines is 1. The summed E-state index contributed by atoms with van der Waals surface area (Å²) in [6, 6.07) is 1.26. The van der Waals surface area contributed by atoms with Gasteiger partial charge in [0.25, 0.3) is 0 Å². The zero-order valence-electron chi connectivity index (χ0n) is 10.6. The number of hydrogen-bond acceptors (Lipinski definition) is 3. The molecule has 0 spiro atoms. The van der Waals surface area contributed by atoms with E-state index in [-0.39, 0.29) is 17.5 Å². The lowest BCUT2D eigenvalue weighted by Crippen LogP contribution is -2.34. The number of carbonyl (C=O) groups excluding carboxylic acids is 1. The van der Waals surface area contributed by atoms with E-state index in [9.17, 15) is 18.4 Å². The summed E-state index contributed by atoms with van der Waals surface area (Å²) in [5, 5.41) is 14.2. The normalized spacial score (nSPS) is 15.9. The van der Waals surface area contributed by atoms with Crippen molar-refractivity contribution in [3.8, 4) is 0 Å². The molecule has 1 aromatic rings. The molecule has 0 atom stereocenters. The molecule has 0 aliphatic carbocycles. The molecule has 5 nitrogen and oxygen atoms in total. The summed E-state index contributed by atoms with van der Waals surface area (Å²) < 4.78 is 26.8. The molecule has 1 aliphatic heterocycles. The summed E-state index contributed by atoms with van der Waals surface area (Å²) in [6.45, 7) is 1.40. The van der Waals surface area contributed by atoms with E-state index in [4.69, 9.17) is 5.11 Å². The average Bonchev–Trinajstić information content (AvgIpc) is 2.42. The third-order valence-electron chi connectivity index (χ3n) is 3.25. The van der Waals surface area contributed by atoms with Crippen molar-refractivity contribution in [1.82, 2.24) is 5.32 Å². The van der Waals surface area contributed by atoms with Crippen molar-refractivity contribution in [1.29, 1.82) is 0 Å². The third-order valence-corrected chi connectivity index (χ3v) is 3.25. The predicted molar refractivity (Wildman–Crippen MR) is 67.5 cm³/mol. The molecule has 7 heteroatoms. The molecule has 0 unspecified atom stereocenters. The van der Waals surface area contributed by atoms with Gasteiger partial charge in [0, 0.05) is 12.0 Å². The van der Waals surface area contributed by atoms with Crippen molar-refractivity contribution in [2.45, 2.75) is 12.8 Å². The summed E-state index contributed by atoms with van der Waals surface area (Å²) >= 11 is 0. The van der Waals surface area contributed by atoms with E-state index >= 15 is 0 Å². The average molecular weight is 284 g/mol. The van der Waals surface area contributed by atoms with Crippen LogP contribution in [0.1, 0.15) is 23.2 Å². The van der Waals surface area contributed by atoms with Crippen LogP contribution < -0.4 is 10.6 Å². The number of nitrogens with one attached hydrogen (secondary N) is 2. The maximum Gasteiger partial charge on any atom is 0.338 e. The van der Waals surface area contributed by atoms with Crippen LogP contribution in [-0.4, -0.2) is 30.1 Å². The van der Waals surface area contributed by atoms with Gasteiger partial charge < -0.3 is 15.7 Å². The second kappa shape index (κ2) is 5.96. The minimum absolute atomic E-state index is 0.256. The van der Waals surface area contributed by atoms with E-state index in [1.807, 2.05) is 0 Å². The number of carboxylic acid groups (broad SMARTS) is 1. The Morgan fingerprint density at radius 2 is 1.85 bits per heavy atom. The highest BCUT2D eigenvalue weighted by molar-refractivity contribution is 5.95. The Balaban J connectivity index is 2.18. The van der Waals surface area contributed by atoms with Gasteiger partial charge in [-0.3, -0.25) is 4.79 Å². The van der Waals surface area contributed by atoms with Gasteiger partial charge in [-0.2, -0.15) is 0 Å². The first-order valence-corrected chi connectivity index (χ1v) is 6.23. The maximum absolute atomic E-state index is 13.6. The van der Waals surface area contributed by atoms with E-state index in [0.717, 1.165) is 6.07 Å². The fraction of sp³-hybridized carbons (Fsp3) is 0.385. The molecule has 0 bridgehead atoms. The van der Waals surface area contributed by atoms with Crippen LogP contribution >= 0.6 is 0 Å². The van der Waals surface area contributed by atoms with E-state index in [0.29, 0.717) is 32.0 Å². The number of carboxylic acids is 1. The Morgan fingerprint density at radius 3 is 2.45 bits per heavy atom. The second-order valence-corrected chi connectivity index (χ2v) is 4.63. The van der Waals surface area contributed by atoms with Crippen LogP contribution in [0.3, 0.4) is 0 Å². The van der Waals surface area contributed by atoms with Gasteiger partial charge in [0.05, 0.1) is 11.3 Å². The van der Waals surface area contributed by atoms with E-state index in [1.165, 1.54) is 0 Å². The van der Waals surface area contributed by atoms with Gasteiger partial charge in [0.15, 0.2) is 0 Å². The zero-order valence-corrected chi connectivity index (χ0v) is 10.6. The largest absolute Gasteiger partial charge is 0.478 e. The molecule has 20 heavy (non-hydrogen) atoms. The van der Waals surface area contributed by atoms with Gasteiger partial charge in [0.2, 0.25) is 5.91 Å². The number of aromatic carboxylic acids is 1. The van der Waals surface area contributed by atoms with Crippen molar-refractivity contribution in [2.75, 3.05) is 18.4 Å². The van der Waals surface area contributed by atoms with Crippen molar-refractivity contribution in [3.63, 3.8) is 0 Å². The number of benzene rings is 1. The van der Waals surface area contributed by atoms with Gasteiger partial charge in [0.1, 0.15) is 11.6 Å². The Kier molecular flexibility index (Phi) is 4.29. The summed E-state index contributed by atoms with van der Waals surface area (Å²) in [6.07, 6.45) is 1.25. The number of halogens is 2. The van der Waals surface area contributed by atoms with Crippen LogP contribution in [0, 0.1) is 17.6 Å². The first kappa shape index (κ1) is 14.4. The van der Waals surface area contributed by atoms with Gasteiger partial charge in [-0.25, -0.2) is 13.6 Å². The number of hydrogen-bond donors (Lipinski definition) is 3. The topological polar surface area (TPSA) is 78.4 Å².